The van der Waals surface area contributed by atoms with Crippen molar-refractivity contribution < 1.29 is 9.53 Å². The Balaban J connectivity index is 2.20. The molecule has 0 unspecified atom stereocenters. The predicted octanol–water partition coefficient (Wildman–Crippen LogP) is 2.81. The molecule has 1 aromatic rings. The summed E-state index contributed by atoms with van der Waals surface area (Å²) in [4.78, 5) is 14.5. The normalized spacial score (nSPS) is 23.8. The standard InChI is InChI=1S/C15H21NO2/c1-11-8-12(2)10-16(9-11)15(17)13-6-4-5-7-14(13)18-3/h4-7,11-12H,8-10H2,1-3H3/t11-,12-/m1/s1. The van der Waals surface area contributed by atoms with Gasteiger partial charge in [-0.25, -0.2) is 0 Å². The van der Waals surface area contributed by atoms with Crippen LogP contribution in [0.4, 0.5) is 0 Å². The number of hydrogen-bond donors (Lipinski definition) is 0. The van der Waals surface area contributed by atoms with Crippen LogP contribution in [0.2, 0.25) is 0 Å². The van der Waals surface area contributed by atoms with Gasteiger partial charge in [-0.15, -0.1) is 0 Å². The minimum Gasteiger partial charge on any atom is -0.496 e. The lowest BCUT2D eigenvalue weighted by Gasteiger charge is -2.35. The van der Waals surface area contributed by atoms with Crippen LogP contribution in [0.1, 0.15) is 30.6 Å². The van der Waals surface area contributed by atoms with Gasteiger partial charge >= 0.3 is 0 Å². The highest BCUT2D eigenvalue weighted by molar-refractivity contribution is 5.97. The molecule has 2 atom stereocenters. The van der Waals surface area contributed by atoms with E-state index in [0.717, 1.165) is 13.1 Å². The van der Waals surface area contributed by atoms with Crippen LogP contribution in [-0.2, 0) is 0 Å². The molecule has 1 aliphatic rings. The number of amides is 1. The molecule has 2 rings (SSSR count). The summed E-state index contributed by atoms with van der Waals surface area (Å²) in [5.41, 5.74) is 0.668. The van der Waals surface area contributed by atoms with Crippen molar-refractivity contribution in [2.24, 2.45) is 11.8 Å². The van der Waals surface area contributed by atoms with Gasteiger partial charge in [0.2, 0.25) is 0 Å². The zero-order valence-corrected chi connectivity index (χ0v) is 11.3. The first kappa shape index (κ1) is 12.9. The second-order valence-electron chi connectivity index (χ2n) is 5.36. The van der Waals surface area contributed by atoms with Crippen molar-refractivity contribution in [2.75, 3.05) is 20.2 Å². The first-order valence-corrected chi connectivity index (χ1v) is 6.54. The van der Waals surface area contributed by atoms with Crippen LogP contribution in [-0.4, -0.2) is 31.0 Å². The molecule has 1 heterocycles. The van der Waals surface area contributed by atoms with Gasteiger partial charge in [-0.2, -0.15) is 0 Å². The maximum absolute atomic E-state index is 12.5. The minimum absolute atomic E-state index is 0.0887. The zero-order valence-electron chi connectivity index (χ0n) is 11.3. The molecule has 0 N–H and O–H groups in total. The average Bonchev–Trinajstić information content (AvgIpc) is 2.36. The van der Waals surface area contributed by atoms with Gasteiger partial charge in [0.25, 0.3) is 5.91 Å². The maximum Gasteiger partial charge on any atom is 0.257 e. The molecule has 0 radical (unpaired) electrons. The van der Waals surface area contributed by atoms with E-state index < -0.39 is 0 Å². The Morgan fingerprint density at radius 2 is 1.83 bits per heavy atom. The number of likely N-dealkylation sites (tertiary alicyclic amines) is 1. The van der Waals surface area contributed by atoms with Crippen LogP contribution >= 0.6 is 0 Å². The number of rotatable bonds is 2. The summed E-state index contributed by atoms with van der Waals surface area (Å²) in [6.07, 6.45) is 1.20. The molecule has 0 spiro atoms. The number of piperidine rings is 1. The Hall–Kier alpha value is -1.51. The van der Waals surface area contributed by atoms with E-state index in [1.165, 1.54) is 6.42 Å². The first-order chi connectivity index (χ1) is 8.61. The third kappa shape index (κ3) is 2.66. The monoisotopic (exact) mass is 247 g/mol. The van der Waals surface area contributed by atoms with Gasteiger partial charge in [-0.3, -0.25) is 4.79 Å². The topological polar surface area (TPSA) is 29.5 Å². The van der Waals surface area contributed by atoms with Crippen molar-refractivity contribution in [3.8, 4) is 5.75 Å². The largest absolute Gasteiger partial charge is 0.496 e. The van der Waals surface area contributed by atoms with Gasteiger partial charge in [0.05, 0.1) is 12.7 Å². The summed E-state index contributed by atoms with van der Waals surface area (Å²) in [5.74, 6) is 1.90. The van der Waals surface area contributed by atoms with E-state index >= 15 is 0 Å². The van der Waals surface area contributed by atoms with Gasteiger partial charge in [-0.1, -0.05) is 26.0 Å². The van der Waals surface area contributed by atoms with Crippen LogP contribution < -0.4 is 4.74 Å². The van der Waals surface area contributed by atoms with Crippen molar-refractivity contribution in [3.63, 3.8) is 0 Å². The van der Waals surface area contributed by atoms with Gasteiger partial charge in [0.1, 0.15) is 5.75 Å². The molecule has 1 saturated heterocycles. The summed E-state index contributed by atoms with van der Waals surface area (Å²) >= 11 is 0. The highest BCUT2D eigenvalue weighted by Gasteiger charge is 2.27. The van der Waals surface area contributed by atoms with E-state index in [0.29, 0.717) is 23.1 Å². The lowest BCUT2D eigenvalue weighted by Crippen LogP contribution is -2.42. The van der Waals surface area contributed by atoms with Gasteiger partial charge in [0.15, 0.2) is 0 Å². The van der Waals surface area contributed by atoms with Crippen molar-refractivity contribution in [1.82, 2.24) is 4.90 Å². The average molecular weight is 247 g/mol. The molecule has 3 heteroatoms. The van der Waals surface area contributed by atoms with Gasteiger partial charge in [0, 0.05) is 13.1 Å². The fourth-order valence-corrected chi connectivity index (χ4v) is 2.82. The molecule has 0 bridgehead atoms. The molecule has 1 fully saturated rings. The molecule has 3 nitrogen and oxygen atoms in total. The number of benzene rings is 1. The zero-order chi connectivity index (χ0) is 13.1. The first-order valence-electron chi connectivity index (χ1n) is 6.54. The smallest absolute Gasteiger partial charge is 0.257 e. The fourth-order valence-electron chi connectivity index (χ4n) is 2.82. The van der Waals surface area contributed by atoms with Crippen LogP contribution in [0, 0.1) is 11.8 Å². The Morgan fingerprint density at radius 1 is 1.22 bits per heavy atom. The predicted molar refractivity (Wildman–Crippen MR) is 71.8 cm³/mol. The second kappa shape index (κ2) is 5.42. The third-order valence-corrected chi connectivity index (χ3v) is 3.49. The van der Waals surface area contributed by atoms with Crippen LogP contribution in [0.5, 0.6) is 5.75 Å². The van der Waals surface area contributed by atoms with E-state index in [1.807, 2.05) is 29.2 Å². The Kier molecular flexibility index (Phi) is 3.90. The van der Waals surface area contributed by atoms with Crippen LogP contribution in [0.25, 0.3) is 0 Å². The Labute approximate surface area is 109 Å². The number of nitrogens with zero attached hydrogens (tertiary/aromatic N) is 1. The fraction of sp³-hybridized carbons (Fsp3) is 0.533. The third-order valence-electron chi connectivity index (χ3n) is 3.49. The highest BCUT2D eigenvalue weighted by atomic mass is 16.5. The Bertz CT molecular complexity index is 420. The molecular formula is C15H21NO2. The van der Waals surface area contributed by atoms with E-state index in [-0.39, 0.29) is 5.91 Å². The molecular weight excluding hydrogens is 226 g/mol. The number of carbonyl (C=O) groups is 1. The van der Waals surface area contributed by atoms with Crippen molar-refractivity contribution in [3.05, 3.63) is 29.8 Å². The van der Waals surface area contributed by atoms with Crippen LogP contribution in [0.3, 0.4) is 0 Å². The summed E-state index contributed by atoms with van der Waals surface area (Å²) in [7, 11) is 1.60. The number of methoxy groups -OCH3 is 1. The van der Waals surface area contributed by atoms with E-state index in [9.17, 15) is 4.79 Å². The molecule has 98 valence electrons. The van der Waals surface area contributed by atoms with E-state index in [1.54, 1.807) is 7.11 Å². The lowest BCUT2D eigenvalue weighted by molar-refractivity contribution is 0.0620. The van der Waals surface area contributed by atoms with Crippen molar-refractivity contribution in [1.29, 1.82) is 0 Å². The van der Waals surface area contributed by atoms with Crippen molar-refractivity contribution in [2.45, 2.75) is 20.3 Å². The second-order valence-corrected chi connectivity index (χ2v) is 5.36. The van der Waals surface area contributed by atoms with E-state index in [2.05, 4.69) is 13.8 Å². The SMILES string of the molecule is COc1ccccc1C(=O)N1C[C@H](C)C[C@@H](C)C1. The van der Waals surface area contributed by atoms with Gasteiger partial charge < -0.3 is 9.64 Å². The number of ether oxygens (including phenoxy) is 1. The Morgan fingerprint density at radius 3 is 2.44 bits per heavy atom. The molecule has 0 aromatic heterocycles. The molecule has 18 heavy (non-hydrogen) atoms. The summed E-state index contributed by atoms with van der Waals surface area (Å²) in [6.45, 7) is 6.11. The lowest BCUT2D eigenvalue weighted by atomic mass is 9.91. The highest BCUT2D eigenvalue weighted by Crippen LogP contribution is 2.25. The molecule has 1 aromatic carbocycles. The summed E-state index contributed by atoms with van der Waals surface area (Å²) in [5, 5.41) is 0. The molecule has 0 aliphatic carbocycles. The van der Waals surface area contributed by atoms with E-state index in [4.69, 9.17) is 4.74 Å². The summed E-state index contributed by atoms with van der Waals surface area (Å²) in [6, 6.07) is 7.44. The number of para-hydroxylation sites is 1. The quantitative estimate of drug-likeness (QED) is 0.804. The van der Waals surface area contributed by atoms with Crippen LogP contribution in [0.15, 0.2) is 24.3 Å². The molecule has 0 saturated carbocycles. The number of hydrogen-bond acceptors (Lipinski definition) is 2. The molecule has 1 aliphatic heterocycles. The minimum atomic E-state index is 0.0887. The summed E-state index contributed by atoms with van der Waals surface area (Å²) < 4.78 is 5.26. The number of carbonyl (C=O) groups excluding carboxylic acids is 1. The molecule has 1 amide bonds. The van der Waals surface area contributed by atoms with Crippen molar-refractivity contribution >= 4 is 5.91 Å². The maximum atomic E-state index is 12.5. The van der Waals surface area contributed by atoms with Gasteiger partial charge in [-0.05, 0) is 30.4 Å².